The molecule has 0 fully saturated rings. The molecule has 0 N–H and O–H groups in total. The molecule has 3 aromatic heterocycles. The molecular weight excluding hydrogens is 500 g/mol. The van der Waals surface area contributed by atoms with E-state index in [-0.39, 0.29) is 0 Å². The molecule has 0 unspecified atom stereocenters. The summed E-state index contributed by atoms with van der Waals surface area (Å²) < 4.78 is 11.0. The Morgan fingerprint density at radius 3 is 2.10 bits per heavy atom. The van der Waals surface area contributed by atoms with Crippen molar-refractivity contribution in [2.24, 2.45) is 0 Å². The van der Waals surface area contributed by atoms with Gasteiger partial charge in [-0.15, -0.1) is 0 Å². The molecule has 0 aliphatic carbocycles. The van der Waals surface area contributed by atoms with Crippen LogP contribution in [0.4, 0.5) is 0 Å². The van der Waals surface area contributed by atoms with Crippen molar-refractivity contribution in [1.82, 2.24) is 9.13 Å². The first-order valence-corrected chi connectivity index (χ1v) is 13.9. The highest BCUT2D eigenvalue weighted by atomic mass is 16.3. The topological polar surface area (TPSA) is 23.0 Å². The van der Waals surface area contributed by atoms with Gasteiger partial charge >= 0.3 is 0 Å². The lowest BCUT2D eigenvalue weighted by Crippen LogP contribution is -1.95. The summed E-state index contributed by atoms with van der Waals surface area (Å²) in [5.41, 5.74) is 9.99. The van der Waals surface area contributed by atoms with Gasteiger partial charge in [0.25, 0.3) is 0 Å². The van der Waals surface area contributed by atoms with Crippen molar-refractivity contribution < 1.29 is 4.42 Å². The first-order chi connectivity index (χ1) is 20.3. The summed E-state index contributed by atoms with van der Waals surface area (Å²) in [4.78, 5) is 0. The maximum atomic E-state index is 6.33. The van der Waals surface area contributed by atoms with Crippen LogP contribution in [0, 0.1) is 0 Å². The van der Waals surface area contributed by atoms with Crippen LogP contribution in [0.15, 0.2) is 150 Å². The van der Waals surface area contributed by atoms with Gasteiger partial charge in [-0.25, -0.2) is 0 Å². The Morgan fingerprint density at radius 2 is 1.22 bits per heavy atom. The van der Waals surface area contributed by atoms with E-state index < -0.39 is 0 Å². The van der Waals surface area contributed by atoms with E-state index in [1.165, 1.54) is 32.7 Å². The fourth-order valence-electron chi connectivity index (χ4n) is 6.45. The number of hydrogen-bond acceptors (Lipinski definition) is 1. The molecule has 0 spiro atoms. The molecule has 3 heteroatoms. The van der Waals surface area contributed by atoms with Gasteiger partial charge in [-0.05, 0) is 60.2 Å². The van der Waals surface area contributed by atoms with Crippen LogP contribution in [-0.2, 0) is 0 Å². The standard InChI is InChI=1S/C38H24N2O/c1-2-9-27(10-3-1)39-22-21-26-23-33-30-11-4-6-15-34(30)40(36(33)24-35(26)39)28-19-17-25(18-20-28)29-13-8-14-32-31-12-5-7-16-37(31)41-38(29)32/h1-24H. The summed E-state index contributed by atoms with van der Waals surface area (Å²) in [6.45, 7) is 0. The number of hydrogen-bond donors (Lipinski definition) is 0. The van der Waals surface area contributed by atoms with E-state index in [1.54, 1.807) is 0 Å². The SMILES string of the molecule is c1ccc(-n2ccc3cc4c5ccccc5n(-c5ccc(-c6cccc7c6oc6ccccc67)cc5)c4cc32)cc1. The monoisotopic (exact) mass is 524 g/mol. The van der Waals surface area contributed by atoms with Crippen LogP contribution in [0.25, 0.3) is 77.1 Å². The van der Waals surface area contributed by atoms with Gasteiger partial charge < -0.3 is 13.6 Å². The van der Waals surface area contributed by atoms with Gasteiger partial charge in [-0.2, -0.15) is 0 Å². The average molecular weight is 525 g/mol. The van der Waals surface area contributed by atoms with E-state index >= 15 is 0 Å². The zero-order chi connectivity index (χ0) is 26.9. The Labute approximate surface area is 236 Å². The van der Waals surface area contributed by atoms with Gasteiger partial charge in [-0.3, -0.25) is 0 Å². The molecule has 192 valence electrons. The minimum atomic E-state index is 0.920. The van der Waals surface area contributed by atoms with E-state index in [4.69, 9.17) is 4.42 Å². The van der Waals surface area contributed by atoms with Crippen molar-refractivity contribution in [2.45, 2.75) is 0 Å². The Balaban J connectivity index is 1.24. The molecule has 0 saturated heterocycles. The predicted octanol–water partition coefficient (Wildman–Crippen LogP) is 10.3. The largest absolute Gasteiger partial charge is 0.455 e. The first kappa shape index (κ1) is 22.3. The molecule has 41 heavy (non-hydrogen) atoms. The van der Waals surface area contributed by atoms with Crippen LogP contribution in [-0.4, -0.2) is 9.13 Å². The first-order valence-electron chi connectivity index (χ1n) is 13.9. The molecule has 9 rings (SSSR count). The molecule has 9 aromatic rings. The van der Waals surface area contributed by atoms with Crippen molar-refractivity contribution in [3.63, 3.8) is 0 Å². The van der Waals surface area contributed by atoms with Gasteiger partial charge in [0.05, 0.1) is 16.6 Å². The fraction of sp³-hybridized carbons (Fsp3) is 0. The van der Waals surface area contributed by atoms with Crippen LogP contribution in [0.2, 0.25) is 0 Å². The van der Waals surface area contributed by atoms with Gasteiger partial charge in [0.15, 0.2) is 0 Å². The van der Waals surface area contributed by atoms with Crippen LogP contribution >= 0.6 is 0 Å². The van der Waals surface area contributed by atoms with Crippen LogP contribution in [0.1, 0.15) is 0 Å². The van der Waals surface area contributed by atoms with Crippen molar-refractivity contribution >= 4 is 54.6 Å². The highest BCUT2D eigenvalue weighted by molar-refractivity contribution is 6.13. The van der Waals surface area contributed by atoms with Crippen LogP contribution in [0.5, 0.6) is 0 Å². The molecule has 3 nitrogen and oxygen atoms in total. The summed E-state index contributed by atoms with van der Waals surface area (Å²) in [6.07, 6.45) is 2.17. The number of furan rings is 1. The summed E-state index contributed by atoms with van der Waals surface area (Å²) in [5.74, 6) is 0. The number of aromatic nitrogens is 2. The highest BCUT2D eigenvalue weighted by Gasteiger charge is 2.16. The van der Waals surface area contributed by atoms with Crippen LogP contribution in [0.3, 0.4) is 0 Å². The van der Waals surface area contributed by atoms with Crippen molar-refractivity contribution in [3.05, 3.63) is 146 Å². The summed E-state index contributed by atoms with van der Waals surface area (Å²) in [7, 11) is 0. The smallest absolute Gasteiger partial charge is 0.143 e. The molecule has 6 aromatic carbocycles. The molecule has 0 radical (unpaired) electrons. The lowest BCUT2D eigenvalue weighted by atomic mass is 10.0. The third-order valence-electron chi connectivity index (χ3n) is 8.36. The molecular formula is C38H24N2O. The van der Waals surface area contributed by atoms with Crippen molar-refractivity contribution in [1.29, 1.82) is 0 Å². The van der Waals surface area contributed by atoms with E-state index in [1.807, 2.05) is 12.1 Å². The quantitative estimate of drug-likeness (QED) is 0.225. The lowest BCUT2D eigenvalue weighted by Gasteiger charge is -2.11. The number of rotatable bonds is 3. The lowest BCUT2D eigenvalue weighted by molar-refractivity contribution is 0.670. The van der Waals surface area contributed by atoms with E-state index in [0.29, 0.717) is 0 Å². The second-order valence-corrected chi connectivity index (χ2v) is 10.6. The van der Waals surface area contributed by atoms with Gasteiger partial charge in [-0.1, -0.05) is 84.9 Å². The Morgan fingerprint density at radius 1 is 0.463 bits per heavy atom. The van der Waals surface area contributed by atoms with E-state index in [2.05, 4.69) is 143 Å². The predicted molar refractivity (Wildman–Crippen MR) is 170 cm³/mol. The summed E-state index contributed by atoms with van der Waals surface area (Å²) in [5, 5.41) is 6.05. The highest BCUT2D eigenvalue weighted by Crippen LogP contribution is 2.38. The minimum Gasteiger partial charge on any atom is -0.455 e. The molecule has 0 amide bonds. The molecule has 0 aliphatic heterocycles. The summed E-state index contributed by atoms with van der Waals surface area (Å²) >= 11 is 0. The Bertz CT molecular complexity index is 2400. The molecule has 0 atom stereocenters. The van der Waals surface area contributed by atoms with Crippen molar-refractivity contribution in [2.75, 3.05) is 0 Å². The molecule has 0 aliphatic rings. The minimum absolute atomic E-state index is 0.920. The van der Waals surface area contributed by atoms with E-state index in [9.17, 15) is 0 Å². The van der Waals surface area contributed by atoms with Gasteiger partial charge in [0.2, 0.25) is 0 Å². The third kappa shape index (κ3) is 3.26. The zero-order valence-electron chi connectivity index (χ0n) is 22.2. The molecule has 0 saturated carbocycles. The maximum absolute atomic E-state index is 6.33. The van der Waals surface area contributed by atoms with E-state index in [0.717, 1.165) is 44.4 Å². The molecule has 3 heterocycles. The Hall–Kier alpha value is -5.54. The fourth-order valence-corrected chi connectivity index (χ4v) is 6.45. The van der Waals surface area contributed by atoms with Gasteiger partial charge in [0.1, 0.15) is 11.2 Å². The average Bonchev–Trinajstić information content (AvgIpc) is 3.72. The second kappa shape index (κ2) is 8.48. The number of fused-ring (bicyclic) bond motifs is 7. The number of benzene rings is 6. The number of para-hydroxylation sites is 4. The normalized spacial score (nSPS) is 11.9. The van der Waals surface area contributed by atoms with Gasteiger partial charge in [0, 0.05) is 50.1 Å². The maximum Gasteiger partial charge on any atom is 0.143 e. The summed E-state index contributed by atoms with van der Waals surface area (Å²) in [6, 6.07) is 49.6. The van der Waals surface area contributed by atoms with Crippen LogP contribution < -0.4 is 0 Å². The third-order valence-corrected chi connectivity index (χ3v) is 8.36. The molecule has 0 bridgehead atoms. The Kier molecular flexibility index (Phi) is 4.61. The second-order valence-electron chi connectivity index (χ2n) is 10.6. The zero-order valence-corrected chi connectivity index (χ0v) is 22.2. The van der Waals surface area contributed by atoms with Crippen molar-refractivity contribution in [3.8, 4) is 22.5 Å². The number of nitrogens with zero attached hydrogens (tertiary/aromatic N) is 2.